The normalized spacial score (nSPS) is 27.6. The molecule has 1 aliphatic heterocycles. The number of nitrogens with zero attached hydrogens (tertiary/aromatic N) is 2. The first-order valence-corrected chi connectivity index (χ1v) is 7.29. The Balaban J connectivity index is 1.80. The summed E-state index contributed by atoms with van der Waals surface area (Å²) in [4.78, 5) is 14.3. The lowest BCUT2D eigenvalue weighted by Gasteiger charge is -2.34. The average molecular weight is 283 g/mol. The van der Waals surface area contributed by atoms with Crippen molar-refractivity contribution in [3.63, 3.8) is 0 Å². The molecule has 2 atom stereocenters. The van der Waals surface area contributed by atoms with Crippen molar-refractivity contribution in [2.45, 2.75) is 38.3 Å². The Morgan fingerprint density at radius 3 is 2.79 bits per heavy atom. The van der Waals surface area contributed by atoms with E-state index in [1.165, 1.54) is 0 Å². The zero-order valence-electron chi connectivity index (χ0n) is 11.1. The van der Waals surface area contributed by atoms with Crippen LogP contribution in [0.4, 0.5) is 0 Å². The molecule has 1 aromatic heterocycles. The van der Waals surface area contributed by atoms with E-state index >= 15 is 0 Å². The van der Waals surface area contributed by atoms with Gasteiger partial charge in [0.25, 0.3) is 5.91 Å². The number of piperidine rings is 1. The summed E-state index contributed by atoms with van der Waals surface area (Å²) in [5.74, 6) is 0.257. The molecular formula is C14H19ClN2O2. The van der Waals surface area contributed by atoms with Crippen molar-refractivity contribution >= 4 is 17.5 Å². The van der Waals surface area contributed by atoms with Gasteiger partial charge >= 0.3 is 0 Å². The van der Waals surface area contributed by atoms with E-state index in [0.29, 0.717) is 29.8 Å². The lowest BCUT2D eigenvalue weighted by molar-refractivity contribution is 0.0242. The Morgan fingerprint density at radius 2 is 2.16 bits per heavy atom. The molecule has 1 saturated heterocycles. The number of likely N-dealkylation sites (tertiary alicyclic amines) is 1. The van der Waals surface area contributed by atoms with Gasteiger partial charge < -0.3 is 14.6 Å². The second kappa shape index (κ2) is 4.84. The number of aliphatic hydroxyl groups excluding tert-OH is 1. The minimum atomic E-state index is -0.419. The second-order valence-electron chi connectivity index (χ2n) is 5.77. The van der Waals surface area contributed by atoms with Gasteiger partial charge in [-0.2, -0.15) is 0 Å². The highest BCUT2D eigenvalue weighted by atomic mass is 35.5. The average Bonchev–Trinajstić information content (AvgIpc) is 3.15. The molecule has 1 aromatic rings. The summed E-state index contributed by atoms with van der Waals surface area (Å²) in [6, 6.07) is 2.17. The molecule has 0 bridgehead atoms. The number of rotatable bonds is 2. The van der Waals surface area contributed by atoms with E-state index in [9.17, 15) is 9.90 Å². The maximum absolute atomic E-state index is 12.6. The van der Waals surface area contributed by atoms with Crippen molar-refractivity contribution in [3.05, 3.63) is 23.0 Å². The summed E-state index contributed by atoms with van der Waals surface area (Å²) in [5, 5.41) is 10.5. The van der Waals surface area contributed by atoms with Crippen LogP contribution in [0.15, 0.2) is 12.3 Å². The monoisotopic (exact) mass is 282 g/mol. The van der Waals surface area contributed by atoms with Crippen LogP contribution in [0.5, 0.6) is 0 Å². The zero-order valence-corrected chi connectivity index (χ0v) is 11.8. The van der Waals surface area contributed by atoms with Gasteiger partial charge in [-0.3, -0.25) is 4.79 Å². The SMILES string of the molecule is CC1CCN(C(=O)c2cc(Cl)cn2C2CC2)CC1O. The maximum Gasteiger partial charge on any atom is 0.270 e. The molecule has 2 heterocycles. The molecular weight excluding hydrogens is 264 g/mol. The van der Waals surface area contributed by atoms with Crippen LogP contribution < -0.4 is 0 Å². The zero-order chi connectivity index (χ0) is 13.6. The molecule has 104 valence electrons. The quantitative estimate of drug-likeness (QED) is 0.905. The lowest BCUT2D eigenvalue weighted by Crippen LogP contribution is -2.46. The van der Waals surface area contributed by atoms with Gasteiger partial charge in [0.2, 0.25) is 0 Å². The number of halogens is 1. The number of β-amino-alcohol motifs (C(OH)–C–C–N with tert-alkyl or cyclic N) is 1. The predicted molar refractivity (Wildman–Crippen MR) is 73.4 cm³/mol. The van der Waals surface area contributed by atoms with Gasteiger partial charge in [0.05, 0.1) is 11.1 Å². The molecule has 19 heavy (non-hydrogen) atoms. The number of hydrogen-bond donors (Lipinski definition) is 1. The molecule has 2 unspecified atom stereocenters. The summed E-state index contributed by atoms with van der Waals surface area (Å²) in [5.41, 5.74) is 0.661. The summed E-state index contributed by atoms with van der Waals surface area (Å²) in [7, 11) is 0. The van der Waals surface area contributed by atoms with E-state index in [-0.39, 0.29) is 11.8 Å². The van der Waals surface area contributed by atoms with E-state index < -0.39 is 6.10 Å². The van der Waals surface area contributed by atoms with Crippen molar-refractivity contribution in [1.82, 2.24) is 9.47 Å². The third-order valence-electron chi connectivity index (χ3n) is 4.18. The molecule has 1 aliphatic carbocycles. The van der Waals surface area contributed by atoms with Crippen LogP contribution in [0.1, 0.15) is 42.7 Å². The fourth-order valence-electron chi connectivity index (χ4n) is 2.67. The molecule has 1 amide bonds. The van der Waals surface area contributed by atoms with Crippen molar-refractivity contribution in [2.24, 2.45) is 5.92 Å². The lowest BCUT2D eigenvalue weighted by atomic mass is 9.96. The number of carbonyl (C=O) groups is 1. The smallest absolute Gasteiger partial charge is 0.270 e. The van der Waals surface area contributed by atoms with Crippen LogP contribution in [0.25, 0.3) is 0 Å². The molecule has 0 aromatic carbocycles. The Bertz CT molecular complexity index is 496. The van der Waals surface area contributed by atoms with Crippen LogP contribution >= 0.6 is 11.6 Å². The Kier molecular flexibility index (Phi) is 3.31. The van der Waals surface area contributed by atoms with Crippen LogP contribution in [-0.2, 0) is 0 Å². The minimum Gasteiger partial charge on any atom is -0.391 e. The van der Waals surface area contributed by atoms with Gasteiger partial charge in [0.1, 0.15) is 5.69 Å². The topological polar surface area (TPSA) is 45.5 Å². The van der Waals surface area contributed by atoms with Gasteiger partial charge in [0.15, 0.2) is 0 Å². The summed E-state index contributed by atoms with van der Waals surface area (Å²) < 4.78 is 2.00. The van der Waals surface area contributed by atoms with Gasteiger partial charge in [-0.15, -0.1) is 0 Å². The van der Waals surface area contributed by atoms with E-state index in [2.05, 4.69) is 0 Å². The first-order chi connectivity index (χ1) is 9.06. The molecule has 2 fully saturated rings. The molecule has 1 saturated carbocycles. The van der Waals surface area contributed by atoms with E-state index in [1.807, 2.05) is 17.7 Å². The van der Waals surface area contributed by atoms with Crippen molar-refractivity contribution in [2.75, 3.05) is 13.1 Å². The Hall–Kier alpha value is -1.00. The molecule has 0 radical (unpaired) electrons. The fraction of sp³-hybridized carbons (Fsp3) is 0.643. The first-order valence-electron chi connectivity index (χ1n) is 6.91. The third kappa shape index (κ3) is 2.51. The van der Waals surface area contributed by atoms with Crippen LogP contribution in [0.2, 0.25) is 5.02 Å². The molecule has 3 rings (SSSR count). The standard InChI is InChI=1S/C14H19ClN2O2/c1-9-4-5-16(8-13(9)18)14(19)12-6-10(15)7-17(12)11-2-3-11/h6-7,9,11,13,18H,2-5,8H2,1H3. The number of amides is 1. The minimum absolute atomic E-state index is 0.00949. The number of carbonyl (C=O) groups excluding carboxylic acids is 1. The first kappa shape index (κ1) is 13.0. The van der Waals surface area contributed by atoms with Gasteiger partial charge in [-0.1, -0.05) is 18.5 Å². The summed E-state index contributed by atoms with van der Waals surface area (Å²) in [6.07, 6.45) is 4.51. The third-order valence-corrected chi connectivity index (χ3v) is 4.39. The summed E-state index contributed by atoms with van der Waals surface area (Å²) >= 11 is 6.03. The molecule has 0 spiro atoms. The van der Waals surface area contributed by atoms with Gasteiger partial charge in [0, 0.05) is 25.3 Å². The van der Waals surface area contributed by atoms with Gasteiger partial charge in [-0.25, -0.2) is 0 Å². The Morgan fingerprint density at radius 1 is 1.42 bits per heavy atom. The molecule has 1 N–H and O–H groups in total. The molecule has 4 nitrogen and oxygen atoms in total. The van der Waals surface area contributed by atoms with E-state index in [0.717, 1.165) is 19.3 Å². The summed E-state index contributed by atoms with van der Waals surface area (Å²) in [6.45, 7) is 3.16. The molecule has 2 aliphatic rings. The highest BCUT2D eigenvalue weighted by Gasteiger charge is 2.32. The second-order valence-corrected chi connectivity index (χ2v) is 6.20. The number of aromatic nitrogens is 1. The number of hydrogen-bond acceptors (Lipinski definition) is 2. The van der Waals surface area contributed by atoms with Crippen LogP contribution in [0.3, 0.4) is 0 Å². The fourth-order valence-corrected chi connectivity index (χ4v) is 2.88. The van der Waals surface area contributed by atoms with E-state index in [1.54, 1.807) is 11.0 Å². The van der Waals surface area contributed by atoms with Crippen molar-refractivity contribution in [3.8, 4) is 0 Å². The van der Waals surface area contributed by atoms with Crippen LogP contribution in [0, 0.1) is 5.92 Å². The number of aliphatic hydroxyl groups is 1. The predicted octanol–water partition coefficient (Wildman–Crippen LogP) is 2.32. The van der Waals surface area contributed by atoms with Crippen molar-refractivity contribution < 1.29 is 9.90 Å². The molecule has 5 heteroatoms. The van der Waals surface area contributed by atoms with Crippen LogP contribution in [-0.4, -0.2) is 39.7 Å². The maximum atomic E-state index is 12.6. The highest BCUT2D eigenvalue weighted by molar-refractivity contribution is 6.31. The van der Waals surface area contributed by atoms with E-state index in [4.69, 9.17) is 11.6 Å². The largest absolute Gasteiger partial charge is 0.391 e. The highest BCUT2D eigenvalue weighted by Crippen LogP contribution is 2.37. The Labute approximate surface area is 118 Å². The van der Waals surface area contributed by atoms with Crippen molar-refractivity contribution in [1.29, 1.82) is 0 Å². The van der Waals surface area contributed by atoms with Gasteiger partial charge in [-0.05, 0) is 31.2 Å².